The Labute approximate surface area is 172 Å². The smallest absolute Gasteiger partial charge is 0.243 e. The van der Waals surface area contributed by atoms with Crippen molar-refractivity contribution in [3.63, 3.8) is 0 Å². The Hall–Kier alpha value is -1.94. The van der Waals surface area contributed by atoms with Crippen molar-refractivity contribution in [2.75, 3.05) is 13.7 Å². The maximum Gasteiger partial charge on any atom is 0.243 e. The Balaban J connectivity index is 1.72. The Morgan fingerprint density at radius 1 is 0.966 bits per heavy atom. The molecule has 7 nitrogen and oxygen atoms in total. The van der Waals surface area contributed by atoms with Gasteiger partial charge in [0, 0.05) is 19.1 Å². The minimum absolute atomic E-state index is 0.0247. The summed E-state index contributed by atoms with van der Waals surface area (Å²) in [5, 5.41) is 0. The van der Waals surface area contributed by atoms with Gasteiger partial charge in [-0.05, 0) is 61.7 Å². The number of nitrogens with one attached hydrogen (secondary N) is 1. The summed E-state index contributed by atoms with van der Waals surface area (Å²) in [5.74, 6) is 0.691. The van der Waals surface area contributed by atoms with E-state index in [2.05, 4.69) is 4.72 Å². The molecule has 29 heavy (non-hydrogen) atoms. The summed E-state index contributed by atoms with van der Waals surface area (Å²) < 4.78 is 60.0. The molecule has 158 valence electrons. The van der Waals surface area contributed by atoms with Gasteiger partial charge in [-0.2, -0.15) is 4.31 Å². The Bertz CT molecular complexity index is 1030. The molecule has 0 radical (unpaired) electrons. The molecule has 1 N–H and O–H groups in total. The topological polar surface area (TPSA) is 92.8 Å². The van der Waals surface area contributed by atoms with Crippen LogP contribution in [0.3, 0.4) is 0 Å². The lowest BCUT2D eigenvalue weighted by molar-refractivity contribution is 0.268. The molecule has 1 saturated heterocycles. The van der Waals surface area contributed by atoms with Gasteiger partial charge in [-0.3, -0.25) is 0 Å². The molecule has 0 saturated carbocycles. The van der Waals surface area contributed by atoms with Gasteiger partial charge in [0.05, 0.1) is 16.9 Å². The minimum Gasteiger partial charge on any atom is -0.497 e. The highest BCUT2D eigenvalue weighted by molar-refractivity contribution is 7.89. The molecular formula is C20H26N2O5S2. The normalized spacial score (nSPS) is 18.5. The average Bonchev–Trinajstić information content (AvgIpc) is 2.73. The van der Waals surface area contributed by atoms with Crippen molar-refractivity contribution in [1.29, 1.82) is 0 Å². The summed E-state index contributed by atoms with van der Waals surface area (Å²) in [6.45, 7) is 2.52. The molecule has 1 aliphatic rings. The van der Waals surface area contributed by atoms with E-state index in [-0.39, 0.29) is 22.4 Å². The van der Waals surface area contributed by atoms with Gasteiger partial charge in [-0.25, -0.2) is 21.6 Å². The maximum atomic E-state index is 12.9. The van der Waals surface area contributed by atoms with Gasteiger partial charge in [0.25, 0.3) is 0 Å². The van der Waals surface area contributed by atoms with Crippen molar-refractivity contribution in [2.24, 2.45) is 0 Å². The van der Waals surface area contributed by atoms with Crippen LogP contribution >= 0.6 is 0 Å². The molecule has 0 unspecified atom stereocenters. The molecule has 3 rings (SSSR count). The predicted molar refractivity (Wildman–Crippen MR) is 111 cm³/mol. The van der Waals surface area contributed by atoms with Gasteiger partial charge in [-0.15, -0.1) is 0 Å². The third-order valence-electron chi connectivity index (χ3n) is 5.11. The van der Waals surface area contributed by atoms with Gasteiger partial charge < -0.3 is 4.74 Å². The van der Waals surface area contributed by atoms with E-state index in [1.165, 1.54) is 28.6 Å². The van der Waals surface area contributed by atoms with Gasteiger partial charge in [0.15, 0.2) is 0 Å². The number of hydrogen-bond acceptors (Lipinski definition) is 5. The SMILES string of the molecule is COc1ccc(CNS(=O)(=O)c2ccc(S(=O)(=O)N3CCCC[C@H]3C)cc2)cc1. The first-order chi connectivity index (χ1) is 13.7. The number of hydrogen-bond donors (Lipinski definition) is 1. The standard InChI is InChI=1S/C20H26N2O5S2/c1-16-5-3-4-14-22(16)29(25,26)20-12-10-19(11-13-20)28(23,24)21-15-17-6-8-18(27-2)9-7-17/h6-13,16,21H,3-5,14-15H2,1-2H3/t16-/m1/s1. The van der Waals surface area contributed by atoms with Crippen molar-refractivity contribution in [1.82, 2.24) is 9.03 Å². The van der Waals surface area contributed by atoms with Gasteiger partial charge in [0.2, 0.25) is 20.0 Å². The molecule has 1 fully saturated rings. The van der Waals surface area contributed by atoms with E-state index in [0.29, 0.717) is 12.3 Å². The van der Waals surface area contributed by atoms with Crippen LogP contribution in [-0.2, 0) is 26.6 Å². The van der Waals surface area contributed by atoms with Crippen LogP contribution in [-0.4, -0.2) is 40.8 Å². The second kappa shape index (κ2) is 8.83. The fraction of sp³-hybridized carbons (Fsp3) is 0.400. The highest BCUT2D eigenvalue weighted by Gasteiger charge is 2.31. The van der Waals surface area contributed by atoms with Gasteiger partial charge in [0.1, 0.15) is 5.75 Å². The van der Waals surface area contributed by atoms with Crippen LogP contribution in [0.4, 0.5) is 0 Å². The molecule has 1 atom stereocenters. The molecule has 0 spiro atoms. The molecule has 0 aliphatic carbocycles. The maximum absolute atomic E-state index is 12.9. The lowest BCUT2D eigenvalue weighted by Crippen LogP contribution is -2.41. The largest absolute Gasteiger partial charge is 0.497 e. The molecule has 1 heterocycles. The van der Waals surface area contributed by atoms with E-state index in [9.17, 15) is 16.8 Å². The Morgan fingerprint density at radius 3 is 2.17 bits per heavy atom. The summed E-state index contributed by atoms with van der Waals surface area (Å²) >= 11 is 0. The van der Waals surface area contributed by atoms with Crippen molar-refractivity contribution >= 4 is 20.0 Å². The summed E-state index contributed by atoms with van der Waals surface area (Å²) in [6, 6.07) is 12.4. The van der Waals surface area contributed by atoms with Crippen LogP contribution in [0.15, 0.2) is 58.3 Å². The summed E-state index contributed by atoms with van der Waals surface area (Å²) in [7, 11) is -5.83. The fourth-order valence-electron chi connectivity index (χ4n) is 3.36. The Morgan fingerprint density at radius 2 is 1.59 bits per heavy atom. The van der Waals surface area contributed by atoms with E-state index in [1.54, 1.807) is 31.4 Å². The number of methoxy groups -OCH3 is 1. The summed E-state index contributed by atoms with van der Waals surface area (Å²) in [5.41, 5.74) is 0.785. The van der Waals surface area contributed by atoms with Crippen LogP contribution < -0.4 is 9.46 Å². The Kier molecular flexibility index (Phi) is 6.62. The highest BCUT2D eigenvalue weighted by Crippen LogP contribution is 2.25. The van der Waals surface area contributed by atoms with E-state index in [4.69, 9.17) is 4.74 Å². The highest BCUT2D eigenvalue weighted by atomic mass is 32.2. The predicted octanol–water partition coefficient (Wildman–Crippen LogP) is 2.74. The van der Waals surface area contributed by atoms with E-state index < -0.39 is 20.0 Å². The second-order valence-corrected chi connectivity index (χ2v) is 10.8. The van der Waals surface area contributed by atoms with Crippen LogP contribution in [0.1, 0.15) is 31.7 Å². The van der Waals surface area contributed by atoms with Crippen LogP contribution in [0.25, 0.3) is 0 Å². The number of nitrogens with zero attached hydrogens (tertiary/aromatic N) is 1. The number of sulfonamides is 2. The molecule has 1 aliphatic heterocycles. The van der Waals surface area contributed by atoms with Crippen molar-refractivity contribution in [3.8, 4) is 5.75 Å². The van der Waals surface area contributed by atoms with Gasteiger partial charge in [-0.1, -0.05) is 18.6 Å². The van der Waals surface area contributed by atoms with E-state index >= 15 is 0 Å². The third-order valence-corrected chi connectivity index (χ3v) is 8.55. The van der Waals surface area contributed by atoms with E-state index in [1.807, 2.05) is 6.92 Å². The van der Waals surface area contributed by atoms with Crippen molar-refractivity contribution < 1.29 is 21.6 Å². The molecule has 2 aromatic carbocycles. The van der Waals surface area contributed by atoms with E-state index in [0.717, 1.165) is 24.8 Å². The second-order valence-electron chi connectivity index (χ2n) is 7.10. The summed E-state index contributed by atoms with van der Waals surface area (Å²) in [4.78, 5) is 0.136. The average molecular weight is 439 g/mol. The van der Waals surface area contributed by atoms with Gasteiger partial charge >= 0.3 is 0 Å². The molecular weight excluding hydrogens is 412 g/mol. The fourth-order valence-corrected chi connectivity index (χ4v) is 6.08. The third kappa shape index (κ3) is 4.98. The first-order valence-electron chi connectivity index (χ1n) is 9.48. The first kappa shape index (κ1) is 21.8. The zero-order valence-electron chi connectivity index (χ0n) is 16.5. The minimum atomic E-state index is -3.76. The zero-order chi connectivity index (χ0) is 21.1. The lowest BCUT2D eigenvalue weighted by Gasteiger charge is -2.32. The number of piperidine rings is 1. The molecule has 2 aromatic rings. The van der Waals surface area contributed by atoms with Crippen LogP contribution in [0.2, 0.25) is 0 Å². The van der Waals surface area contributed by atoms with Crippen molar-refractivity contribution in [2.45, 2.75) is 48.6 Å². The first-order valence-corrected chi connectivity index (χ1v) is 12.4. The molecule has 9 heteroatoms. The molecule has 0 amide bonds. The zero-order valence-corrected chi connectivity index (χ0v) is 18.2. The summed E-state index contributed by atoms with van der Waals surface area (Å²) in [6.07, 6.45) is 2.69. The number of ether oxygens (including phenoxy) is 1. The quantitative estimate of drug-likeness (QED) is 0.718. The van der Waals surface area contributed by atoms with Crippen LogP contribution in [0.5, 0.6) is 5.75 Å². The monoisotopic (exact) mass is 438 g/mol. The number of rotatable bonds is 7. The molecule has 0 bridgehead atoms. The van der Waals surface area contributed by atoms with Crippen molar-refractivity contribution in [3.05, 3.63) is 54.1 Å². The molecule has 0 aromatic heterocycles. The van der Waals surface area contributed by atoms with Crippen LogP contribution in [0, 0.1) is 0 Å². The number of benzene rings is 2. The lowest BCUT2D eigenvalue weighted by atomic mass is 10.1.